The van der Waals surface area contributed by atoms with Crippen molar-refractivity contribution < 1.29 is 13.9 Å². The quantitative estimate of drug-likeness (QED) is 0.404. The highest BCUT2D eigenvalue weighted by molar-refractivity contribution is 6.36. The van der Waals surface area contributed by atoms with Crippen LogP contribution in [0.3, 0.4) is 0 Å². The van der Waals surface area contributed by atoms with Gasteiger partial charge in [-0.15, -0.1) is 0 Å². The van der Waals surface area contributed by atoms with E-state index in [4.69, 9.17) is 32.7 Å². The fraction of sp³-hybridized carbons (Fsp3) is 0.391. The van der Waals surface area contributed by atoms with Gasteiger partial charge in [0.05, 0.1) is 16.9 Å². The third kappa shape index (κ3) is 5.03. The summed E-state index contributed by atoms with van der Waals surface area (Å²) in [5.41, 5.74) is 2.98. The van der Waals surface area contributed by atoms with Crippen LogP contribution in [0.1, 0.15) is 37.1 Å². The average molecular weight is 464 g/mol. The molecule has 0 spiro atoms. The van der Waals surface area contributed by atoms with Crippen LogP contribution in [-0.4, -0.2) is 28.0 Å². The monoisotopic (exact) mass is 463 g/mol. The maximum Gasteiger partial charge on any atom is 0.142 e. The zero-order valence-electron chi connectivity index (χ0n) is 17.4. The van der Waals surface area contributed by atoms with Gasteiger partial charge in [0.15, 0.2) is 0 Å². The molecule has 0 bridgehead atoms. The minimum atomic E-state index is -0.553. The van der Waals surface area contributed by atoms with E-state index in [1.165, 1.54) is 12.1 Å². The van der Waals surface area contributed by atoms with E-state index >= 15 is 0 Å². The van der Waals surface area contributed by atoms with Gasteiger partial charge >= 0.3 is 0 Å². The smallest absolute Gasteiger partial charge is 0.142 e. The molecule has 0 radical (unpaired) electrons. The summed E-state index contributed by atoms with van der Waals surface area (Å²) in [6.45, 7) is 6.15. The molecule has 31 heavy (non-hydrogen) atoms. The van der Waals surface area contributed by atoms with Gasteiger partial charge in [-0.05, 0) is 50.8 Å². The van der Waals surface area contributed by atoms with E-state index in [2.05, 4.69) is 10.1 Å². The summed E-state index contributed by atoms with van der Waals surface area (Å²) in [7, 11) is 0. The molecule has 164 valence electrons. The molecule has 1 saturated heterocycles. The lowest BCUT2D eigenvalue weighted by Crippen LogP contribution is -2.20. The molecular formula is C23H24Cl2FN3O2. The second kappa shape index (κ2) is 9.55. The number of hydrogen-bond acceptors (Lipinski definition) is 4. The van der Waals surface area contributed by atoms with Gasteiger partial charge in [0.2, 0.25) is 0 Å². The SMILES string of the molecule is Cc1ncc(-c2cnn(CC3CCOCC3)c2)cc1OC(C)c1c(Cl)ccc(F)c1Cl. The lowest BCUT2D eigenvalue weighted by molar-refractivity contribution is 0.0601. The number of pyridine rings is 1. The van der Waals surface area contributed by atoms with Gasteiger partial charge < -0.3 is 9.47 Å². The van der Waals surface area contributed by atoms with Crippen molar-refractivity contribution in [2.75, 3.05) is 13.2 Å². The molecule has 0 amide bonds. The van der Waals surface area contributed by atoms with Gasteiger partial charge in [-0.3, -0.25) is 9.67 Å². The van der Waals surface area contributed by atoms with E-state index in [1.807, 2.05) is 30.1 Å². The van der Waals surface area contributed by atoms with Crippen LogP contribution in [0.15, 0.2) is 36.8 Å². The van der Waals surface area contributed by atoms with Gasteiger partial charge in [-0.2, -0.15) is 5.10 Å². The number of hydrogen-bond donors (Lipinski definition) is 0. The first-order valence-electron chi connectivity index (χ1n) is 10.3. The Kier molecular flexibility index (Phi) is 6.80. The zero-order valence-corrected chi connectivity index (χ0v) is 19.0. The molecule has 1 aliphatic heterocycles. The van der Waals surface area contributed by atoms with E-state index in [9.17, 15) is 4.39 Å². The third-order valence-corrected chi connectivity index (χ3v) is 6.30. The third-order valence-electron chi connectivity index (χ3n) is 5.58. The molecule has 1 aromatic carbocycles. The lowest BCUT2D eigenvalue weighted by atomic mass is 10.0. The summed E-state index contributed by atoms with van der Waals surface area (Å²) in [4.78, 5) is 4.47. The van der Waals surface area contributed by atoms with E-state index < -0.39 is 11.9 Å². The Morgan fingerprint density at radius 2 is 2.00 bits per heavy atom. The molecule has 8 heteroatoms. The van der Waals surface area contributed by atoms with Crippen LogP contribution in [0.4, 0.5) is 4.39 Å². The van der Waals surface area contributed by atoms with Gasteiger partial charge in [0, 0.05) is 53.9 Å². The Morgan fingerprint density at radius 1 is 1.23 bits per heavy atom. The second-order valence-electron chi connectivity index (χ2n) is 7.83. The van der Waals surface area contributed by atoms with Crippen molar-refractivity contribution >= 4 is 23.2 Å². The summed E-state index contributed by atoms with van der Waals surface area (Å²) in [5, 5.41) is 4.84. The molecule has 0 saturated carbocycles. The van der Waals surface area contributed by atoms with Crippen LogP contribution in [0.2, 0.25) is 10.0 Å². The molecule has 1 aliphatic rings. The van der Waals surface area contributed by atoms with Crippen LogP contribution in [0, 0.1) is 18.7 Å². The number of benzene rings is 1. The molecule has 1 fully saturated rings. The first-order chi connectivity index (χ1) is 14.9. The molecule has 4 rings (SSSR count). The van der Waals surface area contributed by atoms with Crippen molar-refractivity contribution in [1.29, 1.82) is 0 Å². The molecule has 1 unspecified atom stereocenters. The number of halogens is 3. The second-order valence-corrected chi connectivity index (χ2v) is 8.62. The van der Waals surface area contributed by atoms with Crippen molar-refractivity contribution in [2.24, 2.45) is 5.92 Å². The summed E-state index contributed by atoms with van der Waals surface area (Å²) >= 11 is 12.4. The highest BCUT2D eigenvalue weighted by atomic mass is 35.5. The first kappa shape index (κ1) is 22.1. The van der Waals surface area contributed by atoms with E-state index in [0.717, 1.165) is 43.7 Å². The predicted octanol–water partition coefficient (Wildman–Crippen LogP) is 6.27. The van der Waals surface area contributed by atoms with Gasteiger partial charge in [-0.1, -0.05) is 23.2 Å². The normalized spacial score (nSPS) is 15.8. The molecule has 1 atom stereocenters. The number of ether oxygens (including phenoxy) is 2. The molecule has 3 aromatic rings. The first-order valence-corrected chi connectivity index (χ1v) is 11.0. The standard InChI is InChI=1S/C23H24Cl2FN3O2/c1-14-21(31-15(2)22-19(24)3-4-20(26)23(22)25)9-17(10-27-14)18-11-28-29(13-18)12-16-5-7-30-8-6-16/h3-4,9-11,13,15-16H,5-8,12H2,1-2H3. The molecule has 0 N–H and O–H groups in total. The Bertz CT molecular complexity index is 1070. The minimum absolute atomic E-state index is 0.0313. The van der Waals surface area contributed by atoms with Crippen molar-refractivity contribution in [2.45, 2.75) is 39.3 Å². The van der Waals surface area contributed by atoms with E-state index in [-0.39, 0.29) is 5.02 Å². The van der Waals surface area contributed by atoms with E-state index in [0.29, 0.717) is 27.9 Å². The Labute approximate surface area is 191 Å². The van der Waals surface area contributed by atoms with Crippen molar-refractivity contribution in [1.82, 2.24) is 14.8 Å². The molecule has 2 aromatic heterocycles. The number of aromatic nitrogens is 3. The zero-order chi connectivity index (χ0) is 22.0. The molecule has 5 nitrogen and oxygen atoms in total. The predicted molar refractivity (Wildman–Crippen MR) is 119 cm³/mol. The van der Waals surface area contributed by atoms with Crippen LogP contribution in [-0.2, 0) is 11.3 Å². The van der Waals surface area contributed by atoms with Gasteiger partial charge in [-0.25, -0.2) is 4.39 Å². The van der Waals surface area contributed by atoms with Crippen LogP contribution in [0.5, 0.6) is 5.75 Å². The maximum atomic E-state index is 13.9. The molecule has 0 aliphatic carbocycles. The van der Waals surface area contributed by atoms with E-state index in [1.54, 1.807) is 13.1 Å². The summed E-state index contributed by atoms with van der Waals surface area (Å²) < 4.78 is 27.4. The van der Waals surface area contributed by atoms with Crippen molar-refractivity contribution in [3.8, 4) is 16.9 Å². The minimum Gasteiger partial charge on any atom is -0.484 e. The van der Waals surface area contributed by atoms with Gasteiger partial charge in [0.1, 0.15) is 17.7 Å². The highest BCUT2D eigenvalue weighted by Gasteiger charge is 2.20. The number of aryl methyl sites for hydroxylation is 1. The summed E-state index contributed by atoms with van der Waals surface area (Å²) in [6, 6.07) is 4.63. The molecule has 3 heterocycles. The largest absolute Gasteiger partial charge is 0.484 e. The Hall–Kier alpha value is -2.15. The fourth-order valence-corrected chi connectivity index (χ4v) is 4.44. The van der Waals surface area contributed by atoms with Crippen molar-refractivity contribution in [3.05, 3.63) is 63.9 Å². The average Bonchev–Trinajstić information content (AvgIpc) is 3.22. The van der Waals surface area contributed by atoms with Crippen LogP contribution >= 0.6 is 23.2 Å². The molecular weight excluding hydrogens is 440 g/mol. The Balaban J connectivity index is 1.53. The summed E-state index contributed by atoms with van der Waals surface area (Å²) in [5.74, 6) is 0.633. The maximum absolute atomic E-state index is 13.9. The topological polar surface area (TPSA) is 49.2 Å². The number of rotatable bonds is 6. The van der Waals surface area contributed by atoms with Crippen molar-refractivity contribution in [3.63, 3.8) is 0 Å². The fourth-order valence-electron chi connectivity index (χ4n) is 3.76. The lowest BCUT2D eigenvalue weighted by Gasteiger charge is -2.21. The van der Waals surface area contributed by atoms with Gasteiger partial charge in [0.25, 0.3) is 0 Å². The Morgan fingerprint density at radius 3 is 2.77 bits per heavy atom. The number of nitrogens with zero attached hydrogens (tertiary/aromatic N) is 3. The highest BCUT2D eigenvalue weighted by Crippen LogP contribution is 2.36. The van der Waals surface area contributed by atoms with Crippen LogP contribution < -0.4 is 4.74 Å². The van der Waals surface area contributed by atoms with Crippen LogP contribution in [0.25, 0.3) is 11.1 Å². The summed E-state index contributed by atoms with van der Waals surface area (Å²) in [6.07, 6.45) is 7.21.